The van der Waals surface area contributed by atoms with E-state index in [1.165, 1.54) is 60.1 Å². The number of halogens is 2. The number of nitrogens with one attached hydrogen (secondary N) is 2. The molecular weight excluding hydrogens is 899 g/mol. The van der Waals surface area contributed by atoms with Gasteiger partial charge in [0.2, 0.25) is 0 Å². The zero-order valence-corrected chi connectivity index (χ0v) is 34.2. The average Bonchev–Trinajstić information content (AvgIpc) is 3.71. The molecule has 0 aliphatic carbocycles. The van der Waals surface area contributed by atoms with Gasteiger partial charge in [-0.15, -0.1) is 11.8 Å². The molecule has 0 radical (unpaired) electrons. The zero-order chi connectivity index (χ0) is 39.9. The van der Waals surface area contributed by atoms with E-state index in [9.17, 15) is 33.3 Å². The second-order valence-electron chi connectivity index (χ2n) is 11.9. The average molecular weight is 935 g/mol. The Balaban J connectivity index is 1.40. The molecule has 3 aromatic rings. The molecule has 2 aliphatic heterocycles. The molecule has 2 N–H and O–H groups in total. The number of rotatable bonds is 15. The van der Waals surface area contributed by atoms with Gasteiger partial charge in [-0.25, -0.2) is 14.2 Å². The molecule has 296 valence electrons. The molecule has 0 amide bonds. The molecular formula is C33H35Br2N4O14PS. The molecule has 2 saturated heterocycles. The smallest absolute Gasteiger partial charge is 0.460 e. The maximum atomic E-state index is 14.4. The number of thioether (sulfide) groups is 1. The summed E-state index contributed by atoms with van der Waals surface area (Å²) in [7, 11) is -4.65. The van der Waals surface area contributed by atoms with Crippen molar-refractivity contribution >= 4 is 75.5 Å². The Labute approximate surface area is 333 Å². The fourth-order valence-corrected chi connectivity index (χ4v) is 7.90. The van der Waals surface area contributed by atoms with Gasteiger partial charge in [-0.1, -0.05) is 31.9 Å². The van der Waals surface area contributed by atoms with Crippen molar-refractivity contribution in [3.8, 4) is 5.75 Å². The standard InChI is InChI=1S/C33H35Br2N4O14PS/c1-18(40)49-24-12-28(38-14-20(8-10-34)30(42)36-32(38)44)51-26(24)16-47-54(46,53-22-4-6-23(55-3)7-5-22)48-17-27-25(50-19(2)41)13-29(52-27)39-15-21(9-11-35)31(43)37-33(39)45/h4-11,14-15,24-29H,12-13,16-17H2,1-3H3,(H,36,42,44)(H,37,43,45)/b10-8+,11-9+/t24-,25-,26+,27+,28+,29+/m0/s1. The van der Waals surface area contributed by atoms with E-state index in [0.29, 0.717) is 0 Å². The largest absolute Gasteiger partial charge is 0.530 e. The number of nitrogens with zero attached hydrogens (tertiary/aromatic N) is 2. The van der Waals surface area contributed by atoms with Crippen molar-refractivity contribution in [2.24, 2.45) is 0 Å². The third-order valence-corrected chi connectivity index (χ3v) is 10.8. The van der Waals surface area contributed by atoms with Crippen LogP contribution in [0.4, 0.5) is 0 Å². The second kappa shape index (κ2) is 18.9. The van der Waals surface area contributed by atoms with Crippen molar-refractivity contribution in [1.29, 1.82) is 0 Å². The summed E-state index contributed by atoms with van der Waals surface area (Å²) < 4.78 is 57.1. The molecule has 18 nitrogen and oxygen atoms in total. The van der Waals surface area contributed by atoms with E-state index >= 15 is 0 Å². The van der Waals surface area contributed by atoms with Crippen molar-refractivity contribution in [2.75, 3.05) is 19.5 Å². The molecule has 0 spiro atoms. The van der Waals surface area contributed by atoms with Crippen LogP contribution in [0.15, 0.2) is 70.7 Å². The van der Waals surface area contributed by atoms with Crippen LogP contribution in [-0.4, -0.2) is 74.9 Å². The van der Waals surface area contributed by atoms with E-state index in [-0.39, 0.29) is 29.7 Å². The van der Waals surface area contributed by atoms with Crippen LogP contribution < -0.4 is 27.0 Å². The van der Waals surface area contributed by atoms with Crippen molar-refractivity contribution in [3.05, 3.63) is 99.4 Å². The van der Waals surface area contributed by atoms with Crippen LogP contribution in [-0.2, 0) is 42.1 Å². The van der Waals surface area contributed by atoms with E-state index in [1.54, 1.807) is 24.3 Å². The first-order valence-corrected chi connectivity index (χ1v) is 20.9. The van der Waals surface area contributed by atoms with Crippen LogP contribution in [0.3, 0.4) is 0 Å². The van der Waals surface area contributed by atoms with Crippen LogP contribution in [0.5, 0.6) is 5.75 Å². The second-order valence-corrected chi connectivity index (χ2v) is 15.4. The first-order chi connectivity index (χ1) is 26.2. The maximum Gasteiger partial charge on any atom is 0.530 e. The number of H-pyrrole nitrogens is 2. The molecule has 2 aliphatic rings. The summed E-state index contributed by atoms with van der Waals surface area (Å²) in [5.41, 5.74) is -2.58. The molecule has 22 heteroatoms. The van der Waals surface area contributed by atoms with Gasteiger partial charge in [0.25, 0.3) is 11.1 Å². The van der Waals surface area contributed by atoms with Crippen molar-refractivity contribution in [3.63, 3.8) is 0 Å². The number of aromatic amines is 2. The third kappa shape index (κ3) is 10.9. The van der Waals surface area contributed by atoms with E-state index in [4.69, 9.17) is 32.5 Å². The predicted molar refractivity (Wildman–Crippen MR) is 205 cm³/mol. The number of phosphoric acid groups is 1. The number of aromatic nitrogens is 4. The zero-order valence-electron chi connectivity index (χ0n) is 29.3. The quantitative estimate of drug-likeness (QED) is 0.124. The van der Waals surface area contributed by atoms with Crippen LogP contribution in [0.2, 0.25) is 0 Å². The van der Waals surface area contributed by atoms with Crippen LogP contribution in [0, 0.1) is 0 Å². The lowest BCUT2D eigenvalue weighted by Crippen LogP contribution is -2.34. The van der Waals surface area contributed by atoms with Gasteiger partial charge in [0.05, 0.1) is 24.3 Å². The number of hydrogen-bond donors (Lipinski definition) is 2. The normalized spacial score (nSPS) is 22.7. The minimum atomic E-state index is -4.65. The van der Waals surface area contributed by atoms with E-state index in [0.717, 1.165) is 14.0 Å². The van der Waals surface area contributed by atoms with E-state index < -0.39 is 92.3 Å². The summed E-state index contributed by atoms with van der Waals surface area (Å²) in [6, 6.07) is 6.52. The Bertz CT molecular complexity index is 2100. The fraction of sp³-hybridized carbons (Fsp3) is 0.394. The van der Waals surface area contributed by atoms with Crippen LogP contribution >= 0.6 is 51.4 Å². The Morgan fingerprint density at radius 1 is 0.818 bits per heavy atom. The summed E-state index contributed by atoms with van der Waals surface area (Å²) in [6.45, 7) is 1.28. The number of hydrogen-bond acceptors (Lipinski definition) is 15. The highest BCUT2D eigenvalue weighted by molar-refractivity contribution is 9.11. The lowest BCUT2D eigenvalue weighted by molar-refractivity contribution is -0.150. The van der Waals surface area contributed by atoms with Gasteiger partial charge in [-0.2, -0.15) is 0 Å². The monoisotopic (exact) mass is 932 g/mol. The maximum absolute atomic E-state index is 14.4. The minimum Gasteiger partial charge on any atom is -0.460 e. The highest BCUT2D eigenvalue weighted by Crippen LogP contribution is 2.51. The Morgan fingerprint density at radius 3 is 1.64 bits per heavy atom. The van der Waals surface area contributed by atoms with Gasteiger partial charge in [0, 0.05) is 44.0 Å². The van der Waals surface area contributed by atoms with Crippen LogP contribution in [0.1, 0.15) is 50.3 Å². The Hall–Kier alpha value is -3.82. The molecule has 5 rings (SSSR count). The van der Waals surface area contributed by atoms with Gasteiger partial charge in [0.1, 0.15) is 42.6 Å². The van der Waals surface area contributed by atoms with Crippen molar-refractivity contribution in [1.82, 2.24) is 19.1 Å². The van der Waals surface area contributed by atoms with Gasteiger partial charge < -0.3 is 23.5 Å². The van der Waals surface area contributed by atoms with Gasteiger partial charge in [-0.05, 0) is 52.6 Å². The summed E-state index contributed by atoms with van der Waals surface area (Å²) in [6.07, 6.45) is 0.874. The van der Waals surface area contributed by atoms with Gasteiger partial charge in [0.15, 0.2) is 0 Å². The molecule has 2 aromatic heterocycles. The summed E-state index contributed by atoms with van der Waals surface area (Å²) in [5.74, 6) is -1.23. The van der Waals surface area contributed by atoms with Gasteiger partial charge in [-0.3, -0.25) is 47.3 Å². The van der Waals surface area contributed by atoms with E-state index in [1.807, 2.05) is 6.26 Å². The Kier molecular flexibility index (Phi) is 14.5. The van der Waals surface area contributed by atoms with Gasteiger partial charge >= 0.3 is 31.1 Å². The SMILES string of the molecule is CSc1ccc(OP(=O)(OC[C@H]2O[C@@H](n3cc(/C=C/Br)c(=O)[nH]c3=O)C[C@@H]2OC(C)=O)OC[C@H]2O[C@@H](n3cc(/C=C/Br)c(=O)[nH]c3=O)C[C@@H]2OC(C)=O)cc1. The molecule has 4 heterocycles. The lowest BCUT2D eigenvalue weighted by atomic mass is 10.2. The third-order valence-electron chi connectivity index (χ3n) is 8.16. The number of esters is 2. The topological polar surface area (TPSA) is 226 Å². The number of carbonyl (C=O) groups excluding carboxylic acids is 2. The summed E-state index contributed by atoms with van der Waals surface area (Å²) in [5, 5.41) is 0. The fourth-order valence-electron chi connectivity index (χ4n) is 5.70. The highest BCUT2D eigenvalue weighted by Gasteiger charge is 2.44. The molecule has 0 unspecified atom stereocenters. The molecule has 2 fully saturated rings. The first kappa shape index (κ1) is 42.3. The lowest BCUT2D eigenvalue weighted by Gasteiger charge is -2.24. The Morgan fingerprint density at radius 2 is 1.25 bits per heavy atom. The molecule has 6 atom stereocenters. The molecule has 1 aromatic carbocycles. The first-order valence-electron chi connectivity index (χ1n) is 16.3. The summed E-state index contributed by atoms with van der Waals surface area (Å²) in [4.78, 5) is 82.3. The van der Waals surface area contributed by atoms with E-state index in [2.05, 4.69) is 41.8 Å². The number of ether oxygens (including phenoxy) is 4. The number of phosphoric ester groups is 1. The molecule has 55 heavy (non-hydrogen) atoms. The van der Waals surface area contributed by atoms with Crippen LogP contribution in [0.25, 0.3) is 12.2 Å². The molecule has 0 saturated carbocycles. The number of benzene rings is 1. The number of carbonyl (C=O) groups is 2. The summed E-state index contributed by atoms with van der Waals surface area (Å²) >= 11 is 7.67. The predicted octanol–water partition coefficient (Wildman–Crippen LogP) is 4.20. The molecule has 0 bridgehead atoms. The minimum absolute atomic E-state index is 0.0438. The highest BCUT2D eigenvalue weighted by atomic mass is 79.9. The van der Waals surface area contributed by atoms with Crippen molar-refractivity contribution < 1.29 is 46.7 Å². The van der Waals surface area contributed by atoms with Crippen molar-refractivity contribution in [2.45, 2.75) is 68.5 Å².